The Bertz CT molecular complexity index is 463. The number of hydrogen-bond donors (Lipinski definition) is 1. The molecule has 3 nitrogen and oxygen atoms in total. The number of halogens is 1. The largest absolute Gasteiger partial charge is 0.396 e. The highest BCUT2D eigenvalue weighted by molar-refractivity contribution is 5.41. The molecule has 3 rings (SSSR count). The van der Waals surface area contributed by atoms with Crippen molar-refractivity contribution in [2.24, 2.45) is 5.92 Å². The zero-order valence-corrected chi connectivity index (χ0v) is 12.7. The van der Waals surface area contributed by atoms with Gasteiger partial charge in [0.2, 0.25) is 0 Å². The summed E-state index contributed by atoms with van der Waals surface area (Å²) in [6.45, 7) is 6.98. The predicted molar refractivity (Wildman–Crippen MR) is 84.5 cm³/mol. The Morgan fingerprint density at radius 1 is 1.05 bits per heavy atom. The lowest BCUT2D eigenvalue weighted by molar-refractivity contribution is 0.149. The minimum absolute atomic E-state index is 0.239. The van der Waals surface area contributed by atoms with Crippen LogP contribution in [0.2, 0.25) is 0 Å². The normalized spacial score (nSPS) is 22.0. The molecule has 4 heteroatoms. The summed E-state index contributed by atoms with van der Waals surface area (Å²) in [4.78, 5) is 5.06. The number of benzene rings is 1. The second-order valence-corrected chi connectivity index (χ2v) is 6.58. The second kappa shape index (κ2) is 6.75. The topological polar surface area (TPSA) is 32.5 Å². The SMILES string of the molecule is Nc1ccc(CN2CCC(CN3CCCC3)CC2)cc1F. The summed E-state index contributed by atoms with van der Waals surface area (Å²) in [5.41, 5.74) is 6.79. The van der Waals surface area contributed by atoms with Crippen LogP contribution in [0.15, 0.2) is 18.2 Å². The minimum Gasteiger partial charge on any atom is -0.396 e. The first-order chi connectivity index (χ1) is 10.2. The Hall–Kier alpha value is -1.13. The van der Waals surface area contributed by atoms with Crippen LogP contribution in [0.25, 0.3) is 0 Å². The van der Waals surface area contributed by atoms with Gasteiger partial charge >= 0.3 is 0 Å². The molecule has 21 heavy (non-hydrogen) atoms. The van der Waals surface area contributed by atoms with Crippen LogP contribution in [-0.2, 0) is 6.54 Å². The molecule has 2 saturated heterocycles. The Balaban J connectivity index is 1.45. The highest BCUT2D eigenvalue weighted by atomic mass is 19.1. The first kappa shape index (κ1) is 14.8. The third-order valence-corrected chi connectivity index (χ3v) is 4.89. The molecule has 2 fully saturated rings. The summed E-state index contributed by atoms with van der Waals surface area (Å²) in [5, 5.41) is 0. The zero-order chi connectivity index (χ0) is 14.7. The number of piperidine rings is 1. The molecule has 2 N–H and O–H groups in total. The molecule has 0 aromatic heterocycles. The highest BCUT2D eigenvalue weighted by Crippen LogP contribution is 2.22. The maximum absolute atomic E-state index is 13.5. The molecule has 0 saturated carbocycles. The van der Waals surface area contributed by atoms with Gasteiger partial charge in [-0.1, -0.05) is 6.07 Å². The number of nitrogen functional groups attached to an aromatic ring is 1. The molecular formula is C17H26FN3. The molecule has 116 valence electrons. The van der Waals surface area contributed by atoms with Crippen molar-refractivity contribution in [3.63, 3.8) is 0 Å². The molecule has 1 aromatic carbocycles. The van der Waals surface area contributed by atoms with Gasteiger partial charge in [0.15, 0.2) is 0 Å². The zero-order valence-electron chi connectivity index (χ0n) is 12.7. The third kappa shape index (κ3) is 3.95. The lowest BCUT2D eigenvalue weighted by Crippen LogP contribution is -2.37. The minimum atomic E-state index is -0.295. The van der Waals surface area contributed by atoms with Gasteiger partial charge in [-0.25, -0.2) is 4.39 Å². The van der Waals surface area contributed by atoms with Crippen molar-refractivity contribution >= 4 is 5.69 Å². The summed E-state index contributed by atoms with van der Waals surface area (Å²) in [5.74, 6) is 0.555. The summed E-state index contributed by atoms with van der Waals surface area (Å²) in [6, 6.07) is 5.19. The molecule has 2 aliphatic rings. The molecule has 2 aliphatic heterocycles. The van der Waals surface area contributed by atoms with E-state index >= 15 is 0 Å². The van der Waals surface area contributed by atoms with E-state index in [0.717, 1.165) is 31.1 Å². The number of nitrogens with two attached hydrogens (primary N) is 1. The number of anilines is 1. The average molecular weight is 291 g/mol. The van der Waals surface area contributed by atoms with Crippen LogP contribution in [0.1, 0.15) is 31.2 Å². The molecule has 0 spiro atoms. The van der Waals surface area contributed by atoms with E-state index in [1.54, 1.807) is 12.1 Å². The van der Waals surface area contributed by atoms with Gasteiger partial charge in [-0.3, -0.25) is 4.90 Å². The van der Waals surface area contributed by atoms with E-state index in [2.05, 4.69) is 9.80 Å². The lowest BCUT2D eigenvalue weighted by Gasteiger charge is -2.33. The van der Waals surface area contributed by atoms with Crippen LogP contribution >= 0.6 is 0 Å². The monoisotopic (exact) mass is 291 g/mol. The van der Waals surface area contributed by atoms with Gasteiger partial charge in [-0.05, 0) is 75.5 Å². The molecule has 0 unspecified atom stereocenters. The van der Waals surface area contributed by atoms with Crippen molar-refractivity contribution in [1.29, 1.82) is 0 Å². The Morgan fingerprint density at radius 2 is 1.76 bits per heavy atom. The van der Waals surface area contributed by atoms with Crippen molar-refractivity contribution in [3.05, 3.63) is 29.6 Å². The van der Waals surface area contributed by atoms with E-state index in [1.165, 1.54) is 45.3 Å². The molecule has 0 radical (unpaired) electrons. The first-order valence-corrected chi connectivity index (χ1v) is 8.19. The van der Waals surface area contributed by atoms with Gasteiger partial charge < -0.3 is 10.6 Å². The van der Waals surface area contributed by atoms with E-state index in [1.807, 2.05) is 6.07 Å². The highest BCUT2D eigenvalue weighted by Gasteiger charge is 2.22. The van der Waals surface area contributed by atoms with Crippen molar-refractivity contribution in [2.75, 3.05) is 38.5 Å². The van der Waals surface area contributed by atoms with Crippen LogP contribution in [-0.4, -0.2) is 42.5 Å². The third-order valence-electron chi connectivity index (χ3n) is 4.89. The summed E-state index contributed by atoms with van der Waals surface area (Å²) >= 11 is 0. The van der Waals surface area contributed by atoms with Crippen LogP contribution in [0, 0.1) is 11.7 Å². The molecule has 0 bridgehead atoms. The number of likely N-dealkylation sites (tertiary alicyclic amines) is 2. The van der Waals surface area contributed by atoms with Gasteiger partial charge in [-0.15, -0.1) is 0 Å². The van der Waals surface area contributed by atoms with Crippen molar-refractivity contribution < 1.29 is 4.39 Å². The van der Waals surface area contributed by atoms with Gasteiger partial charge in [0.1, 0.15) is 5.82 Å². The molecule has 2 heterocycles. The second-order valence-electron chi connectivity index (χ2n) is 6.58. The van der Waals surface area contributed by atoms with Crippen molar-refractivity contribution in [2.45, 2.75) is 32.2 Å². The maximum atomic E-state index is 13.5. The molecule has 1 aromatic rings. The van der Waals surface area contributed by atoms with Crippen LogP contribution in [0.3, 0.4) is 0 Å². The molecule has 0 aliphatic carbocycles. The van der Waals surface area contributed by atoms with Crippen LogP contribution in [0.5, 0.6) is 0 Å². The van der Waals surface area contributed by atoms with E-state index in [-0.39, 0.29) is 11.5 Å². The van der Waals surface area contributed by atoms with Gasteiger partial charge in [0, 0.05) is 13.1 Å². The Morgan fingerprint density at radius 3 is 2.43 bits per heavy atom. The fraction of sp³-hybridized carbons (Fsp3) is 0.647. The van der Waals surface area contributed by atoms with Crippen LogP contribution < -0.4 is 5.73 Å². The standard InChI is InChI=1S/C17H26FN3/c18-16-11-15(3-4-17(16)19)13-21-9-5-14(6-10-21)12-20-7-1-2-8-20/h3-4,11,14H,1-2,5-10,12-13,19H2. The van der Waals surface area contributed by atoms with Gasteiger partial charge in [0.05, 0.1) is 5.69 Å². The Kier molecular flexibility index (Phi) is 4.76. The average Bonchev–Trinajstić information content (AvgIpc) is 2.98. The summed E-state index contributed by atoms with van der Waals surface area (Å²) in [7, 11) is 0. The fourth-order valence-electron chi connectivity index (χ4n) is 3.58. The quantitative estimate of drug-likeness (QED) is 0.866. The van der Waals surface area contributed by atoms with E-state index < -0.39 is 0 Å². The van der Waals surface area contributed by atoms with E-state index in [4.69, 9.17) is 5.73 Å². The smallest absolute Gasteiger partial charge is 0.146 e. The van der Waals surface area contributed by atoms with E-state index in [9.17, 15) is 4.39 Å². The maximum Gasteiger partial charge on any atom is 0.146 e. The van der Waals surface area contributed by atoms with Gasteiger partial charge in [0.25, 0.3) is 0 Å². The number of hydrogen-bond acceptors (Lipinski definition) is 3. The van der Waals surface area contributed by atoms with Crippen molar-refractivity contribution in [3.8, 4) is 0 Å². The predicted octanol–water partition coefficient (Wildman–Crippen LogP) is 2.72. The van der Waals surface area contributed by atoms with Crippen molar-refractivity contribution in [1.82, 2.24) is 9.80 Å². The van der Waals surface area contributed by atoms with E-state index in [0.29, 0.717) is 0 Å². The van der Waals surface area contributed by atoms with Crippen LogP contribution in [0.4, 0.5) is 10.1 Å². The number of rotatable bonds is 4. The molecule has 0 amide bonds. The number of nitrogens with zero attached hydrogens (tertiary/aromatic N) is 2. The molecular weight excluding hydrogens is 265 g/mol. The summed E-state index contributed by atoms with van der Waals surface area (Å²) < 4.78 is 13.5. The fourth-order valence-corrected chi connectivity index (χ4v) is 3.58. The first-order valence-electron chi connectivity index (χ1n) is 8.19. The van der Waals surface area contributed by atoms with Gasteiger partial charge in [-0.2, -0.15) is 0 Å². The lowest BCUT2D eigenvalue weighted by atomic mass is 9.96. The summed E-state index contributed by atoms with van der Waals surface area (Å²) in [6.07, 6.45) is 5.30. The molecule has 0 atom stereocenters. The Labute approximate surface area is 126 Å².